The Balaban J connectivity index is 1.66. The molecule has 1 fully saturated rings. The average molecular weight is 342 g/mol. The van der Waals surface area contributed by atoms with Gasteiger partial charge in [-0.25, -0.2) is 9.37 Å². The molecule has 0 radical (unpaired) electrons. The fourth-order valence-corrected chi connectivity index (χ4v) is 3.05. The van der Waals surface area contributed by atoms with E-state index in [0.717, 1.165) is 31.6 Å². The number of pyridine rings is 1. The second kappa shape index (κ2) is 8.21. The Morgan fingerprint density at radius 3 is 2.80 bits per heavy atom. The van der Waals surface area contributed by atoms with E-state index in [9.17, 15) is 9.18 Å². The van der Waals surface area contributed by atoms with Crippen molar-refractivity contribution in [2.75, 3.05) is 13.1 Å². The summed E-state index contributed by atoms with van der Waals surface area (Å²) in [6, 6.07) is 10.3. The van der Waals surface area contributed by atoms with Gasteiger partial charge >= 0.3 is 0 Å². The highest BCUT2D eigenvalue weighted by molar-refractivity contribution is 5.95. The Hall–Kier alpha value is -2.27. The van der Waals surface area contributed by atoms with E-state index in [2.05, 4.69) is 10.3 Å². The molecule has 1 aromatic heterocycles. The second-order valence-corrected chi connectivity index (χ2v) is 6.30. The Kier molecular flexibility index (Phi) is 5.76. The number of Topliss-reactive ketones (excluding diaryl/α,β-unsaturated/α-hetero) is 1. The largest absolute Gasteiger partial charge is 0.473 e. The van der Waals surface area contributed by atoms with E-state index in [1.165, 1.54) is 6.07 Å². The van der Waals surface area contributed by atoms with Gasteiger partial charge in [0.15, 0.2) is 5.78 Å². The van der Waals surface area contributed by atoms with Crippen molar-refractivity contribution in [2.24, 2.45) is 0 Å². The van der Waals surface area contributed by atoms with Gasteiger partial charge in [0.25, 0.3) is 0 Å². The summed E-state index contributed by atoms with van der Waals surface area (Å²) in [6.45, 7) is 3.87. The molecule has 5 heteroatoms. The maximum absolute atomic E-state index is 14.2. The van der Waals surface area contributed by atoms with Gasteiger partial charge in [-0.15, -0.1) is 0 Å². The van der Waals surface area contributed by atoms with Crippen LogP contribution in [0.2, 0.25) is 0 Å². The van der Waals surface area contributed by atoms with Crippen LogP contribution < -0.4 is 10.1 Å². The van der Waals surface area contributed by atoms with Gasteiger partial charge in [-0.2, -0.15) is 0 Å². The summed E-state index contributed by atoms with van der Waals surface area (Å²) in [5, 5.41) is 3.34. The molecule has 1 aliphatic heterocycles. The van der Waals surface area contributed by atoms with Crippen molar-refractivity contribution in [3.05, 3.63) is 59.0 Å². The van der Waals surface area contributed by atoms with Crippen LogP contribution in [-0.2, 0) is 6.61 Å². The molecular weight excluding hydrogens is 319 g/mol. The van der Waals surface area contributed by atoms with Crippen LogP contribution in [0.5, 0.6) is 5.88 Å². The fourth-order valence-electron chi connectivity index (χ4n) is 3.05. The molecule has 3 rings (SSSR count). The van der Waals surface area contributed by atoms with Gasteiger partial charge in [0.2, 0.25) is 5.88 Å². The summed E-state index contributed by atoms with van der Waals surface area (Å²) in [5.74, 6) is 0.460. The Morgan fingerprint density at radius 1 is 1.28 bits per heavy atom. The predicted molar refractivity (Wildman–Crippen MR) is 94.4 cm³/mol. The van der Waals surface area contributed by atoms with E-state index < -0.39 is 5.82 Å². The lowest BCUT2D eigenvalue weighted by Crippen LogP contribution is -2.27. The molecule has 1 saturated heterocycles. The van der Waals surface area contributed by atoms with E-state index in [0.29, 0.717) is 29.3 Å². The highest BCUT2D eigenvalue weighted by atomic mass is 19.1. The summed E-state index contributed by atoms with van der Waals surface area (Å²) in [5.41, 5.74) is 1.85. The third-order valence-electron chi connectivity index (χ3n) is 4.57. The molecular formula is C20H23FN2O2. The molecule has 0 atom stereocenters. The number of ether oxygens (including phenoxy) is 1. The van der Waals surface area contributed by atoms with Crippen molar-refractivity contribution < 1.29 is 13.9 Å². The number of benzene rings is 1. The van der Waals surface area contributed by atoms with Crippen molar-refractivity contribution in [1.82, 2.24) is 10.3 Å². The number of hydrogen-bond acceptors (Lipinski definition) is 4. The zero-order chi connectivity index (χ0) is 17.6. The van der Waals surface area contributed by atoms with Crippen LogP contribution in [-0.4, -0.2) is 23.9 Å². The van der Waals surface area contributed by atoms with E-state index in [-0.39, 0.29) is 12.4 Å². The zero-order valence-electron chi connectivity index (χ0n) is 14.4. The van der Waals surface area contributed by atoms with Gasteiger partial charge in [-0.3, -0.25) is 4.79 Å². The number of carbonyl (C=O) groups excluding carboxylic acids is 1. The molecule has 132 valence electrons. The van der Waals surface area contributed by atoms with Gasteiger partial charge in [-0.1, -0.05) is 25.1 Å². The third kappa shape index (κ3) is 4.42. The minimum atomic E-state index is -0.422. The average Bonchev–Trinajstić information content (AvgIpc) is 2.67. The third-order valence-corrected chi connectivity index (χ3v) is 4.57. The van der Waals surface area contributed by atoms with Crippen molar-refractivity contribution in [2.45, 2.75) is 38.7 Å². The molecule has 2 heterocycles. The van der Waals surface area contributed by atoms with Crippen molar-refractivity contribution in [3.8, 4) is 5.88 Å². The zero-order valence-corrected chi connectivity index (χ0v) is 14.4. The number of hydrogen-bond donors (Lipinski definition) is 1. The van der Waals surface area contributed by atoms with Crippen LogP contribution in [0.4, 0.5) is 4.39 Å². The summed E-state index contributed by atoms with van der Waals surface area (Å²) in [4.78, 5) is 16.2. The van der Waals surface area contributed by atoms with Gasteiger partial charge < -0.3 is 10.1 Å². The van der Waals surface area contributed by atoms with Crippen molar-refractivity contribution in [3.63, 3.8) is 0 Å². The van der Waals surface area contributed by atoms with Crippen LogP contribution in [0, 0.1) is 5.82 Å². The lowest BCUT2D eigenvalue weighted by atomic mass is 9.94. The Morgan fingerprint density at radius 2 is 2.08 bits per heavy atom. The number of nitrogens with one attached hydrogen (secondary N) is 1. The van der Waals surface area contributed by atoms with E-state index in [1.54, 1.807) is 25.1 Å². The van der Waals surface area contributed by atoms with E-state index >= 15 is 0 Å². The summed E-state index contributed by atoms with van der Waals surface area (Å²) < 4.78 is 19.8. The van der Waals surface area contributed by atoms with Crippen LogP contribution in [0.15, 0.2) is 36.4 Å². The number of ketones is 1. The number of halogens is 1. The van der Waals surface area contributed by atoms with Gasteiger partial charge in [-0.05, 0) is 38.1 Å². The van der Waals surface area contributed by atoms with Gasteiger partial charge in [0.1, 0.15) is 12.4 Å². The number of aromatic nitrogens is 1. The first-order valence-electron chi connectivity index (χ1n) is 8.79. The molecule has 1 N–H and O–H groups in total. The summed E-state index contributed by atoms with van der Waals surface area (Å²) in [7, 11) is 0. The van der Waals surface area contributed by atoms with E-state index in [1.807, 2.05) is 12.1 Å². The lowest BCUT2D eigenvalue weighted by molar-refractivity contribution is 0.0987. The Bertz CT molecular complexity index is 742. The molecule has 1 aliphatic rings. The van der Waals surface area contributed by atoms with Crippen molar-refractivity contribution in [1.29, 1.82) is 0 Å². The second-order valence-electron chi connectivity index (χ2n) is 6.30. The first-order chi connectivity index (χ1) is 12.2. The standard InChI is InChI=1S/C20H23FN2O2/c1-2-19(24)15-6-7-16(17(21)12-15)13-25-20-5-3-4-18(23-20)14-8-10-22-11-9-14/h3-7,12,14,22H,2,8-11,13H2,1H3. The van der Waals surface area contributed by atoms with Gasteiger partial charge in [0.05, 0.1) is 0 Å². The number of rotatable bonds is 6. The molecule has 0 spiro atoms. The van der Waals surface area contributed by atoms with E-state index in [4.69, 9.17) is 4.74 Å². The predicted octanol–water partition coefficient (Wildman–Crippen LogP) is 3.86. The van der Waals surface area contributed by atoms with Crippen LogP contribution in [0.3, 0.4) is 0 Å². The maximum atomic E-state index is 14.2. The molecule has 0 bridgehead atoms. The minimum absolute atomic E-state index is 0.0669. The molecule has 4 nitrogen and oxygen atoms in total. The number of carbonyl (C=O) groups is 1. The van der Waals surface area contributed by atoms with Gasteiger partial charge in [0, 0.05) is 35.2 Å². The SMILES string of the molecule is CCC(=O)c1ccc(COc2cccc(C3CCNCC3)n2)c(F)c1. The highest BCUT2D eigenvalue weighted by Gasteiger charge is 2.17. The Labute approximate surface area is 147 Å². The summed E-state index contributed by atoms with van der Waals surface area (Å²) in [6.07, 6.45) is 2.50. The first-order valence-corrected chi connectivity index (χ1v) is 8.79. The topological polar surface area (TPSA) is 51.2 Å². The molecule has 0 amide bonds. The smallest absolute Gasteiger partial charge is 0.213 e. The normalized spacial score (nSPS) is 15.1. The molecule has 0 aliphatic carbocycles. The van der Waals surface area contributed by atoms with Crippen LogP contribution in [0.1, 0.15) is 53.7 Å². The number of piperidine rings is 1. The first kappa shape index (κ1) is 17.5. The maximum Gasteiger partial charge on any atom is 0.213 e. The summed E-state index contributed by atoms with van der Waals surface area (Å²) >= 11 is 0. The molecule has 25 heavy (non-hydrogen) atoms. The lowest BCUT2D eigenvalue weighted by Gasteiger charge is -2.22. The van der Waals surface area contributed by atoms with Crippen LogP contribution in [0.25, 0.3) is 0 Å². The molecule has 2 aromatic rings. The quantitative estimate of drug-likeness (QED) is 0.810. The molecule has 1 aromatic carbocycles. The molecule has 0 unspecified atom stereocenters. The minimum Gasteiger partial charge on any atom is -0.473 e. The number of nitrogens with zero attached hydrogens (tertiary/aromatic N) is 1. The molecule has 0 saturated carbocycles. The van der Waals surface area contributed by atoms with Crippen molar-refractivity contribution >= 4 is 5.78 Å². The van der Waals surface area contributed by atoms with Crippen LogP contribution >= 0.6 is 0 Å². The highest BCUT2D eigenvalue weighted by Crippen LogP contribution is 2.25. The fraction of sp³-hybridized carbons (Fsp3) is 0.400. The monoisotopic (exact) mass is 342 g/mol.